The molecule has 1 aromatic rings. The Labute approximate surface area is 100 Å². The van der Waals surface area contributed by atoms with E-state index in [9.17, 15) is 4.79 Å². The van der Waals surface area contributed by atoms with Crippen LogP contribution in [-0.2, 0) is 0 Å². The summed E-state index contributed by atoms with van der Waals surface area (Å²) in [5, 5.41) is 11.7. The first-order valence-electron chi connectivity index (χ1n) is 5.26. The number of carbonyl (C=O) groups is 1. The first-order valence-corrected chi connectivity index (χ1v) is 5.26. The van der Waals surface area contributed by atoms with Gasteiger partial charge in [-0.3, -0.25) is 4.79 Å². The average Bonchev–Trinajstić information content (AvgIpc) is 2.34. The summed E-state index contributed by atoms with van der Waals surface area (Å²) in [5.74, 6) is 0.809. The van der Waals surface area contributed by atoms with Crippen LogP contribution in [0.3, 0.4) is 0 Å². The maximum Gasteiger partial charge on any atom is 0.251 e. The van der Waals surface area contributed by atoms with Gasteiger partial charge in [0, 0.05) is 12.1 Å². The summed E-state index contributed by atoms with van der Waals surface area (Å²) >= 11 is 0. The Balaban J connectivity index is 2.81. The number of carbonyl (C=O) groups excluding carboxylic acids is 1. The van der Waals surface area contributed by atoms with E-state index >= 15 is 0 Å². The topological polar surface area (TPSA) is 67.8 Å². The van der Waals surface area contributed by atoms with Gasteiger partial charge < -0.3 is 19.9 Å². The van der Waals surface area contributed by atoms with Crippen molar-refractivity contribution in [1.29, 1.82) is 0 Å². The number of aliphatic hydroxyl groups excluding tert-OH is 1. The zero-order chi connectivity index (χ0) is 12.8. The highest BCUT2D eigenvalue weighted by Gasteiger charge is 2.10. The molecule has 1 aromatic carbocycles. The largest absolute Gasteiger partial charge is 0.493 e. The Bertz CT molecular complexity index is 390. The molecule has 0 radical (unpaired) electrons. The second-order valence-corrected chi connectivity index (χ2v) is 3.63. The standard InChI is InChI=1S/C12H17NO4/c1-8(14)7-13-12(15)9-4-5-10(16-2)11(6-9)17-3/h4-6,8,14H,7H2,1-3H3,(H,13,15)/t8-/m0/s1. The minimum absolute atomic E-state index is 0.215. The molecule has 1 amide bonds. The van der Waals surface area contributed by atoms with Gasteiger partial charge in [-0.05, 0) is 25.1 Å². The van der Waals surface area contributed by atoms with Crippen molar-refractivity contribution in [2.75, 3.05) is 20.8 Å². The van der Waals surface area contributed by atoms with Crippen LogP contribution in [0.25, 0.3) is 0 Å². The Kier molecular flexibility index (Phi) is 4.78. The van der Waals surface area contributed by atoms with Gasteiger partial charge in [0.1, 0.15) is 0 Å². The maximum atomic E-state index is 11.7. The second kappa shape index (κ2) is 6.10. The van der Waals surface area contributed by atoms with Crippen LogP contribution in [0.15, 0.2) is 18.2 Å². The first-order chi connectivity index (χ1) is 8.08. The molecule has 0 saturated carbocycles. The molecule has 0 aliphatic carbocycles. The smallest absolute Gasteiger partial charge is 0.251 e. The zero-order valence-electron chi connectivity index (χ0n) is 10.2. The van der Waals surface area contributed by atoms with Crippen LogP contribution in [0.4, 0.5) is 0 Å². The van der Waals surface area contributed by atoms with Gasteiger partial charge in [-0.25, -0.2) is 0 Å². The molecule has 17 heavy (non-hydrogen) atoms. The third kappa shape index (κ3) is 3.64. The van der Waals surface area contributed by atoms with Crippen molar-refractivity contribution in [3.63, 3.8) is 0 Å². The fourth-order valence-electron chi connectivity index (χ4n) is 1.32. The van der Waals surface area contributed by atoms with E-state index in [4.69, 9.17) is 14.6 Å². The van der Waals surface area contributed by atoms with E-state index in [1.54, 1.807) is 25.1 Å². The Hall–Kier alpha value is -1.75. The predicted octanol–water partition coefficient (Wildman–Crippen LogP) is 0.814. The molecule has 0 unspecified atom stereocenters. The lowest BCUT2D eigenvalue weighted by Gasteiger charge is -2.10. The van der Waals surface area contributed by atoms with Crippen molar-refractivity contribution in [3.8, 4) is 11.5 Å². The summed E-state index contributed by atoms with van der Waals surface area (Å²) in [5.41, 5.74) is 0.461. The van der Waals surface area contributed by atoms with Gasteiger partial charge in [-0.1, -0.05) is 0 Å². The molecule has 0 spiro atoms. The summed E-state index contributed by atoms with van der Waals surface area (Å²) < 4.78 is 10.2. The Morgan fingerprint density at radius 1 is 1.35 bits per heavy atom. The third-order valence-electron chi connectivity index (χ3n) is 2.20. The van der Waals surface area contributed by atoms with Crippen molar-refractivity contribution in [1.82, 2.24) is 5.32 Å². The Morgan fingerprint density at radius 3 is 2.53 bits per heavy atom. The van der Waals surface area contributed by atoms with E-state index in [0.717, 1.165) is 0 Å². The fourth-order valence-corrected chi connectivity index (χ4v) is 1.32. The zero-order valence-corrected chi connectivity index (χ0v) is 10.2. The Morgan fingerprint density at radius 2 is 2.00 bits per heavy atom. The molecule has 1 rings (SSSR count). The molecule has 0 saturated heterocycles. The monoisotopic (exact) mass is 239 g/mol. The van der Waals surface area contributed by atoms with Crippen molar-refractivity contribution >= 4 is 5.91 Å². The highest BCUT2D eigenvalue weighted by molar-refractivity contribution is 5.94. The van der Waals surface area contributed by atoms with Gasteiger partial charge in [0.2, 0.25) is 0 Å². The lowest BCUT2D eigenvalue weighted by molar-refractivity contribution is 0.0923. The van der Waals surface area contributed by atoms with Gasteiger partial charge in [-0.15, -0.1) is 0 Å². The number of hydrogen-bond acceptors (Lipinski definition) is 4. The van der Waals surface area contributed by atoms with Gasteiger partial charge >= 0.3 is 0 Å². The van der Waals surface area contributed by atoms with Crippen molar-refractivity contribution in [2.45, 2.75) is 13.0 Å². The molecular formula is C12H17NO4. The molecule has 0 bridgehead atoms. The van der Waals surface area contributed by atoms with E-state index in [0.29, 0.717) is 17.1 Å². The normalized spacial score (nSPS) is 11.8. The van der Waals surface area contributed by atoms with E-state index in [1.165, 1.54) is 14.2 Å². The number of amides is 1. The van der Waals surface area contributed by atoms with Crippen molar-refractivity contribution in [3.05, 3.63) is 23.8 Å². The molecular weight excluding hydrogens is 222 g/mol. The van der Waals surface area contributed by atoms with Crippen LogP contribution in [0.5, 0.6) is 11.5 Å². The predicted molar refractivity (Wildman–Crippen MR) is 63.6 cm³/mol. The van der Waals surface area contributed by atoms with Crippen LogP contribution >= 0.6 is 0 Å². The molecule has 5 heteroatoms. The number of ether oxygens (including phenoxy) is 2. The number of nitrogens with one attached hydrogen (secondary N) is 1. The maximum absolute atomic E-state index is 11.7. The van der Waals surface area contributed by atoms with Crippen LogP contribution in [0.1, 0.15) is 17.3 Å². The lowest BCUT2D eigenvalue weighted by atomic mass is 10.2. The SMILES string of the molecule is COc1ccc(C(=O)NC[C@H](C)O)cc1OC. The number of methoxy groups -OCH3 is 2. The van der Waals surface area contributed by atoms with E-state index in [1.807, 2.05) is 0 Å². The van der Waals surface area contributed by atoms with Crippen LogP contribution in [0.2, 0.25) is 0 Å². The quantitative estimate of drug-likeness (QED) is 0.798. The van der Waals surface area contributed by atoms with Gasteiger partial charge in [0.15, 0.2) is 11.5 Å². The van der Waals surface area contributed by atoms with Gasteiger partial charge in [-0.2, -0.15) is 0 Å². The van der Waals surface area contributed by atoms with E-state index in [-0.39, 0.29) is 12.5 Å². The molecule has 2 N–H and O–H groups in total. The van der Waals surface area contributed by atoms with Crippen molar-refractivity contribution < 1.29 is 19.4 Å². The van der Waals surface area contributed by atoms with E-state index < -0.39 is 6.10 Å². The number of aliphatic hydroxyl groups is 1. The number of benzene rings is 1. The van der Waals surface area contributed by atoms with Crippen LogP contribution in [-0.4, -0.2) is 37.9 Å². The summed E-state index contributed by atoms with van der Waals surface area (Å²) in [6.07, 6.45) is -0.570. The second-order valence-electron chi connectivity index (χ2n) is 3.63. The summed E-state index contributed by atoms with van der Waals surface area (Å²) in [7, 11) is 3.04. The van der Waals surface area contributed by atoms with E-state index in [2.05, 4.69) is 5.32 Å². The summed E-state index contributed by atoms with van der Waals surface area (Å²) in [6, 6.07) is 4.89. The molecule has 5 nitrogen and oxygen atoms in total. The minimum atomic E-state index is -0.570. The molecule has 0 fully saturated rings. The average molecular weight is 239 g/mol. The van der Waals surface area contributed by atoms with Gasteiger partial charge in [0.25, 0.3) is 5.91 Å². The molecule has 0 aliphatic heterocycles. The molecule has 0 aromatic heterocycles. The van der Waals surface area contributed by atoms with Gasteiger partial charge in [0.05, 0.1) is 20.3 Å². The summed E-state index contributed by atoms with van der Waals surface area (Å²) in [4.78, 5) is 11.7. The van der Waals surface area contributed by atoms with Crippen LogP contribution < -0.4 is 14.8 Å². The van der Waals surface area contributed by atoms with Crippen LogP contribution in [0, 0.1) is 0 Å². The molecule has 0 aliphatic rings. The minimum Gasteiger partial charge on any atom is -0.493 e. The summed E-state index contributed by atoms with van der Waals surface area (Å²) in [6.45, 7) is 1.82. The van der Waals surface area contributed by atoms with Crippen molar-refractivity contribution in [2.24, 2.45) is 0 Å². The fraction of sp³-hybridized carbons (Fsp3) is 0.417. The molecule has 94 valence electrons. The first kappa shape index (κ1) is 13.3. The lowest BCUT2D eigenvalue weighted by Crippen LogP contribution is -2.30. The number of rotatable bonds is 5. The number of hydrogen-bond donors (Lipinski definition) is 2. The highest BCUT2D eigenvalue weighted by atomic mass is 16.5. The highest BCUT2D eigenvalue weighted by Crippen LogP contribution is 2.27. The third-order valence-corrected chi connectivity index (χ3v) is 2.20. The molecule has 1 atom stereocenters. The molecule has 0 heterocycles.